The molecule has 6 N–H and O–H groups in total. The lowest BCUT2D eigenvalue weighted by molar-refractivity contribution is 0.976. The molecule has 2 aromatic carbocycles. The van der Waals surface area contributed by atoms with Gasteiger partial charge in [-0.1, -0.05) is 12.1 Å². The molecule has 0 saturated carbocycles. The zero-order valence-corrected chi connectivity index (χ0v) is 17.2. The van der Waals surface area contributed by atoms with Crippen molar-refractivity contribution in [2.45, 2.75) is 19.5 Å². The number of aromatic amines is 2. The fraction of sp³-hybridized carbons (Fsp3) is 0.167. The summed E-state index contributed by atoms with van der Waals surface area (Å²) in [6.45, 7) is 1.99. The summed E-state index contributed by atoms with van der Waals surface area (Å²) in [4.78, 5) is 15.5. The molecule has 0 aliphatic heterocycles. The minimum atomic E-state index is 0.599. The summed E-state index contributed by atoms with van der Waals surface area (Å²) < 4.78 is 0. The molecule has 0 spiro atoms. The van der Waals surface area contributed by atoms with Gasteiger partial charge in [0, 0.05) is 48.1 Å². The lowest BCUT2D eigenvalue weighted by Crippen LogP contribution is -2.07. The summed E-state index contributed by atoms with van der Waals surface area (Å²) >= 11 is 0. The van der Waals surface area contributed by atoms with Crippen molar-refractivity contribution in [3.63, 3.8) is 0 Å². The maximum atomic E-state index is 5.73. The van der Waals surface area contributed by atoms with E-state index in [4.69, 9.17) is 5.73 Å². The van der Waals surface area contributed by atoms with Crippen LogP contribution < -0.4 is 16.4 Å². The number of hydrogen-bond acceptors (Lipinski definition) is 5. The Hall–Kier alpha value is -3.84. The molecule has 5 rings (SSSR count). The molecule has 0 aliphatic rings. The van der Waals surface area contributed by atoms with Crippen LogP contribution in [0.15, 0.2) is 67.1 Å². The Morgan fingerprint density at radius 3 is 2.61 bits per heavy atom. The van der Waals surface area contributed by atoms with Gasteiger partial charge in [0.25, 0.3) is 0 Å². The maximum Gasteiger partial charge on any atom is 0.224 e. The fourth-order valence-corrected chi connectivity index (χ4v) is 3.83. The molecule has 0 bridgehead atoms. The molecule has 0 fully saturated rings. The first-order chi connectivity index (χ1) is 15.3. The molecule has 7 nitrogen and oxygen atoms in total. The minimum absolute atomic E-state index is 0.599. The summed E-state index contributed by atoms with van der Waals surface area (Å²) in [5, 5.41) is 9.14. The number of rotatable bonds is 8. The van der Waals surface area contributed by atoms with Crippen LogP contribution in [0.25, 0.3) is 21.8 Å². The minimum Gasteiger partial charge on any atom is -0.366 e. The zero-order chi connectivity index (χ0) is 21.0. The second-order valence-electron chi connectivity index (χ2n) is 7.60. The molecule has 0 saturated heterocycles. The maximum absolute atomic E-state index is 5.73. The van der Waals surface area contributed by atoms with E-state index in [0.717, 1.165) is 23.3 Å². The van der Waals surface area contributed by atoms with Gasteiger partial charge in [-0.15, -0.1) is 0 Å². The molecule has 156 valence electrons. The number of benzene rings is 2. The summed E-state index contributed by atoms with van der Waals surface area (Å²) in [5.41, 5.74) is 11.6. The van der Waals surface area contributed by atoms with E-state index in [0.29, 0.717) is 25.6 Å². The number of fused-ring (bicyclic) bond motifs is 2. The molecule has 7 heteroatoms. The predicted octanol–water partition coefficient (Wildman–Crippen LogP) is 4.16. The lowest BCUT2D eigenvalue weighted by Gasteiger charge is -2.09. The van der Waals surface area contributed by atoms with Crippen LogP contribution in [0.1, 0.15) is 16.7 Å². The van der Waals surface area contributed by atoms with Crippen LogP contribution in [0.2, 0.25) is 0 Å². The van der Waals surface area contributed by atoms with Crippen molar-refractivity contribution in [3.05, 3.63) is 83.8 Å². The molecule has 5 aromatic rings. The van der Waals surface area contributed by atoms with E-state index in [1.54, 1.807) is 6.20 Å². The Morgan fingerprint density at radius 1 is 0.871 bits per heavy atom. The topological polar surface area (TPSA) is 107 Å². The Bertz CT molecular complexity index is 1320. The second-order valence-corrected chi connectivity index (χ2v) is 7.60. The molecule has 3 aromatic heterocycles. The molecule has 0 amide bonds. The van der Waals surface area contributed by atoms with Gasteiger partial charge in [-0.25, -0.2) is 4.98 Å². The van der Waals surface area contributed by atoms with Crippen molar-refractivity contribution in [2.75, 3.05) is 17.2 Å². The highest BCUT2D eigenvalue weighted by Crippen LogP contribution is 2.21. The molecule has 0 unspecified atom stereocenters. The van der Waals surface area contributed by atoms with E-state index < -0.39 is 0 Å². The summed E-state index contributed by atoms with van der Waals surface area (Å²) in [6, 6.07) is 16.8. The van der Waals surface area contributed by atoms with Crippen molar-refractivity contribution in [1.29, 1.82) is 0 Å². The zero-order valence-electron chi connectivity index (χ0n) is 17.2. The Morgan fingerprint density at radius 2 is 1.71 bits per heavy atom. The van der Waals surface area contributed by atoms with E-state index in [-0.39, 0.29) is 0 Å². The molecular formula is C24H25N7. The van der Waals surface area contributed by atoms with E-state index in [1.807, 2.05) is 18.5 Å². The number of H-pyrrole nitrogens is 2. The number of nitrogens with zero attached hydrogens (tertiary/aromatic N) is 2. The van der Waals surface area contributed by atoms with Crippen molar-refractivity contribution in [3.8, 4) is 0 Å². The molecule has 3 heterocycles. The van der Waals surface area contributed by atoms with Gasteiger partial charge in [0.05, 0.1) is 0 Å². The highest BCUT2D eigenvalue weighted by molar-refractivity contribution is 5.84. The predicted molar refractivity (Wildman–Crippen MR) is 126 cm³/mol. The number of hydrogen-bond donors (Lipinski definition) is 5. The van der Waals surface area contributed by atoms with E-state index >= 15 is 0 Å². The third kappa shape index (κ3) is 4.22. The van der Waals surface area contributed by atoms with Crippen LogP contribution in [0, 0.1) is 0 Å². The van der Waals surface area contributed by atoms with Gasteiger partial charge in [0.2, 0.25) is 5.95 Å². The van der Waals surface area contributed by atoms with E-state index in [9.17, 15) is 0 Å². The van der Waals surface area contributed by atoms with Gasteiger partial charge in [0.15, 0.2) is 0 Å². The largest absolute Gasteiger partial charge is 0.366 e. The van der Waals surface area contributed by atoms with Crippen LogP contribution in [0.3, 0.4) is 0 Å². The van der Waals surface area contributed by atoms with Crippen molar-refractivity contribution in [2.24, 2.45) is 5.73 Å². The van der Waals surface area contributed by atoms with Crippen molar-refractivity contribution < 1.29 is 0 Å². The lowest BCUT2D eigenvalue weighted by atomic mass is 10.1. The fourth-order valence-electron chi connectivity index (χ4n) is 3.83. The second kappa shape index (κ2) is 8.49. The van der Waals surface area contributed by atoms with Crippen molar-refractivity contribution in [1.82, 2.24) is 19.9 Å². The summed E-state index contributed by atoms with van der Waals surface area (Å²) in [5.74, 6) is 1.39. The van der Waals surface area contributed by atoms with Crippen LogP contribution in [0.4, 0.5) is 11.8 Å². The number of anilines is 2. The van der Waals surface area contributed by atoms with Gasteiger partial charge < -0.3 is 26.3 Å². The first-order valence-corrected chi connectivity index (χ1v) is 10.4. The van der Waals surface area contributed by atoms with Crippen molar-refractivity contribution >= 4 is 33.6 Å². The number of nitrogens with one attached hydrogen (secondary N) is 4. The first kappa shape index (κ1) is 19.1. The van der Waals surface area contributed by atoms with Crippen LogP contribution in [0.5, 0.6) is 0 Å². The third-order valence-corrected chi connectivity index (χ3v) is 5.44. The smallest absolute Gasteiger partial charge is 0.224 e. The molecule has 31 heavy (non-hydrogen) atoms. The quantitative estimate of drug-likeness (QED) is 0.263. The van der Waals surface area contributed by atoms with Gasteiger partial charge in [-0.3, -0.25) is 0 Å². The highest BCUT2D eigenvalue weighted by Gasteiger charge is 2.06. The van der Waals surface area contributed by atoms with Crippen LogP contribution >= 0.6 is 0 Å². The first-order valence-electron chi connectivity index (χ1n) is 10.4. The normalized spacial score (nSPS) is 11.3. The molecule has 0 aliphatic carbocycles. The average Bonchev–Trinajstić information content (AvgIpc) is 3.43. The van der Waals surface area contributed by atoms with Gasteiger partial charge in [-0.2, -0.15) is 4.98 Å². The monoisotopic (exact) mass is 411 g/mol. The van der Waals surface area contributed by atoms with Gasteiger partial charge >= 0.3 is 0 Å². The Kier molecular flexibility index (Phi) is 5.24. The Labute approximate surface area is 180 Å². The number of aromatic nitrogens is 4. The van der Waals surface area contributed by atoms with Crippen LogP contribution in [-0.2, 0) is 19.5 Å². The van der Waals surface area contributed by atoms with Gasteiger partial charge in [-0.05, 0) is 71.4 Å². The summed E-state index contributed by atoms with van der Waals surface area (Å²) in [7, 11) is 0. The standard InChI is InChI=1S/C24H25N7/c25-8-5-19-15-28-22-4-2-17(12-20(19)22)14-30-24-27-10-7-23(31-24)29-13-16-1-3-21-18(11-16)6-9-26-21/h1-4,6-7,9-12,15,26,28H,5,8,13-14,25H2,(H2,27,29,30,31). The highest BCUT2D eigenvalue weighted by atomic mass is 15.1. The number of nitrogens with two attached hydrogens (primary N) is 1. The van der Waals surface area contributed by atoms with E-state index in [1.165, 1.54) is 27.5 Å². The Balaban J connectivity index is 1.24. The molecular weight excluding hydrogens is 386 g/mol. The van der Waals surface area contributed by atoms with Gasteiger partial charge in [0.1, 0.15) is 5.82 Å². The third-order valence-electron chi connectivity index (χ3n) is 5.44. The molecule has 0 radical (unpaired) electrons. The molecule has 0 atom stereocenters. The summed E-state index contributed by atoms with van der Waals surface area (Å²) in [6.07, 6.45) is 6.63. The van der Waals surface area contributed by atoms with E-state index in [2.05, 4.69) is 73.0 Å². The SMILES string of the molecule is NCCc1c[nH]c2ccc(CNc3nccc(NCc4ccc5[nH]ccc5c4)n3)cc12. The average molecular weight is 412 g/mol. The van der Waals surface area contributed by atoms with Crippen LogP contribution in [-0.4, -0.2) is 26.5 Å².